The van der Waals surface area contributed by atoms with Crippen molar-refractivity contribution in [2.75, 3.05) is 40.2 Å². The zero-order chi connectivity index (χ0) is 71.8. The number of likely N-dealkylation sites (tertiary alicyclic amines) is 1. The molecule has 0 aromatic heterocycles. The van der Waals surface area contributed by atoms with Crippen LogP contribution in [0.2, 0.25) is 0 Å². The molecule has 2 fully saturated rings. The fraction of sp³-hybridized carbons (Fsp3) is 0.682. The van der Waals surface area contributed by atoms with Crippen LogP contribution in [-0.2, 0) is 63.9 Å². The topological polar surface area (TPSA) is 397 Å². The third-order valence-electron chi connectivity index (χ3n) is 17.8. The molecule has 0 aliphatic carbocycles. The lowest BCUT2D eigenvalue weighted by Gasteiger charge is -2.41. The smallest absolute Gasteiger partial charge is 0.410 e. The van der Waals surface area contributed by atoms with Crippen LogP contribution in [-0.4, -0.2) is 225 Å². The van der Waals surface area contributed by atoms with E-state index >= 15 is 0 Å². The number of methoxy groups -OCH3 is 2. The molecule has 4 rings (SSSR count). The van der Waals surface area contributed by atoms with E-state index in [1.165, 1.54) is 51.3 Å². The van der Waals surface area contributed by atoms with Crippen LogP contribution in [0.5, 0.6) is 5.75 Å². The van der Waals surface area contributed by atoms with Crippen molar-refractivity contribution < 1.29 is 92.4 Å². The second-order valence-corrected chi connectivity index (χ2v) is 27.7. The zero-order valence-corrected chi connectivity index (χ0v) is 58.7. The van der Waals surface area contributed by atoms with E-state index in [0.29, 0.717) is 31.4 Å². The molecule has 2 aromatic carbocycles. The summed E-state index contributed by atoms with van der Waals surface area (Å²) in [6, 6.07) is 5.23. The molecule has 8 amide bonds. The normalized spacial score (nSPS) is 22.1. The Balaban J connectivity index is 1.53. The molecule has 0 spiro atoms. The van der Waals surface area contributed by atoms with Crippen molar-refractivity contribution >= 4 is 71.7 Å². The molecule has 0 bridgehead atoms. The first-order chi connectivity index (χ1) is 44.3. The van der Waals surface area contributed by atoms with E-state index in [1.807, 2.05) is 19.9 Å². The summed E-state index contributed by atoms with van der Waals surface area (Å²) in [7, 11) is 5.89. The third-order valence-corrected chi connectivity index (χ3v) is 18.1. The summed E-state index contributed by atoms with van der Waals surface area (Å²) < 4.78 is 28.1. The van der Waals surface area contributed by atoms with Crippen LogP contribution in [0.25, 0.3) is 0 Å². The molecular formula is C66H105N9O19S. The van der Waals surface area contributed by atoms with Gasteiger partial charge in [0.15, 0.2) is 6.10 Å². The summed E-state index contributed by atoms with van der Waals surface area (Å²) >= 11 is 4.36. The number of aliphatic carboxylic acids is 1. The summed E-state index contributed by atoms with van der Waals surface area (Å²) in [6.07, 6.45) is -12.1. The maximum absolute atomic E-state index is 14.9. The van der Waals surface area contributed by atoms with E-state index in [-0.39, 0.29) is 41.2 Å². The number of nitrogens with zero attached hydrogens (tertiary/aromatic N) is 3. The predicted molar refractivity (Wildman–Crippen MR) is 354 cm³/mol. The maximum Gasteiger partial charge on any atom is 0.410 e. The summed E-state index contributed by atoms with van der Waals surface area (Å²) in [5.74, 6) is -8.54. The molecule has 534 valence electrons. The molecule has 2 saturated heterocycles. The van der Waals surface area contributed by atoms with Gasteiger partial charge >= 0.3 is 12.1 Å². The number of ether oxygens (including phenoxy) is 5. The van der Waals surface area contributed by atoms with E-state index in [9.17, 15) is 68.7 Å². The van der Waals surface area contributed by atoms with Crippen molar-refractivity contribution in [1.29, 1.82) is 0 Å². The number of likely N-dealkylation sites (N-methyl/N-ethyl adjacent to an activating group) is 2. The molecule has 28 nitrogen and oxygen atoms in total. The quantitative estimate of drug-likeness (QED) is 0.0457. The van der Waals surface area contributed by atoms with E-state index < -0.39 is 174 Å². The van der Waals surface area contributed by atoms with Gasteiger partial charge < -0.3 is 91.3 Å². The van der Waals surface area contributed by atoms with Gasteiger partial charge in [-0.3, -0.25) is 38.5 Å². The Hall–Kier alpha value is -6.70. The number of nitrogens with two attached hydrogens (primary N) is 1. The SMILES string of the molecule is CC[C@H](C)[C@@H]([C@@H](CC(=O)N1CCC[C@H]1[C@H](OC)[C@@H](C)C(=O)N[C@H](C)[C@@H](O)c1ccccc1)OC)N(C)C(=O)[C@@H](NC(=O)[C@H](C(C)C)N(C)C(=O)OCc1ccc(NC(=O)[C@H](C)NC(=O)[C@@H](NC(=O)[C@H](N)C(C)(C)S)C(C)C)c(O[C@@H]2O[C@H](C(=O)O)[C@@H](O)[C@H](O)[C@H]2O)c1)C(C)C. The van der Waals surface area contributed by atoms with Gasteiger partial charge in [0.25, 0.3) is 0 Å². The molecule has 2 aliphatic rings. The highest BCUT2D eigenvalue weighted by Gasteiger charge is 2.49. The lowest BCUT2D eigenvalue weighted by Crippen LogP contribution is -2.61. The van der Waals surface area contributed by atoms with E-state index in [0.717, 1.165) is 4.90 Å². The fourth-order valence-corrected chi connectivity index (χ4v) is 11.9. The number of thiol groups is 1. The summed E-state index contributed by atoms with van der Waals surface area (Å²) in [5, 5.41) is 66.2. The third kappa shape index (κ3) is 21.2. The van der Waals surface area contributed by atoms with Crippen molar-refractivity contribution in [2.24, 2.45) is 35.3 Å². The molecule has 95 heavy (non-hydrogen) atoms. The number of carboxylic acid groups (broad SMARTS) is 1. The monoisotopic (exact) mass is 1360 g/mol. The van der Waals surface area contributed by atoms with Gasteiger partial charge in [0, 0.05) is 39.6 Å². The molecule has 0 saturated carbocycles. The number of aliphatic hydroxyl groups excluding tert-OH is 4. The van der Waals surface area contributed by atoms with Crippen molar-refractivity contribution in [3.63, 3.8) is 0 Å². The number of benzene rings is 2. The van der Waals surface area contributed by atoms with Gasteiger partial charge in [-0.15, -0.1) is 0 Å². The number of carboxylic acids is 1. The average molecular weight is 1360 g/mol. The Kier molecular flexibility index (Phi) is 30.6. The van der Waals surface area contributed by atoms with Gasteiger partial charge in [0.1, 0.15) is 54.8 Å². The van der Waals surface area contributed by atoms with Crippen LogP contribution in [0.3, 0.4) is 0 Å². The van der Waals surface area contributed by atoms with Gasteiger partial charge in [-0.25, -0.2) is 9.59 Å². The Labute approximate surface area is 563 Å². The number of hydrogen-bond donors (Lipinski definition) is 12. The van der Waals surface area contributed by atoms with Gasteiger partial charge in [0.2, 0.25) is 47.6 Å². The first-order valence-corrected chi connectivity index (χ1v) is 32.8. The molecule has 2 aromatic rings. The molecule has 2 heterocycles. The molecule has 2 aliphatic heterocycles. The van der Waals surface area contributed by atoms with Crippen molar-refractivity contribution in [2.45, 2.75) is 224 Å². The highest BCUT2D eigenvalue weighted by molar-refractivity contribution is 7.81. The number of aliphatic hydroxyl groups is 4. The van der Waals surface area contributed by atoms with Crippen LogP contribution in [0.1, 0.15) is 133 Å². The van der Waals surface area contributed by atoms with E-state index in [1.54, 1.807) is 105 Å². The number of amides is 8. The minimum Gasteiger partial charge on any atom is -0.479 e. The minimum absolute atomic E-state index is 0.135. The Morgan fingerprint density at radius 1 is 0.758 bits per heavy atom. The zero-order valence-electron chi connectivity index (χ0n) is 57.8. The highest BCUT2D eigenvalue weighted by atomic mass is 32.1. The van der Waals surface area contributed by atoms with E-state index in [4.69, 9.17) is 29.4 Å². The van der Waals surface area contributed by atoms with Crippen molar-refractivity contribution in [1.82, 2.24) is 36.0 Å². The first-order valence-electron chi connectivity index (χ1n) is 32.3. The molecule has 18 atom stereocenters. The van der Waals surface area contributed by atoms with Crippen LogP contribution in [0.4, 0.5) is 10.5 Å². The van der Waals surface area contributed by atoms with Gasteiger partial charge in [-0.2, -0.15) is 12.6 Å². The Morgan fingerprint density at radius 3 is 1.92 bits per heavy atom. The maximum atomic E-state index is 14.9. The van der Waals surface area contributed by atoms with E-state index in [2.05, 4.69) is 39.2 Å². The predicted octanol–water partition coefficient (Wildman–Crippen LogP) is 2.47. The number of hydrogen-bond acceptors (Lipinski definition) is 20. The van der Waals surface area contributed by atoms with Gasteiger partial charge in [0.05, 0.1) is 60.5 Å². The lowest BCUT2D eigenvalue weighted by atomic mass is 9.89. The number of nitrogens with one attached hydrogen (secondary N) is 5. The van der Waals surface area contributed by atoms with Crippen molar-refractivity contribution in [3.8, 4) is 5.75 Å². The van der Waals surface area contributed by atoms with Gasteiger partial charge in [-0.05, 0) is 87.5 Å². The largest absolute Gasteiger partial charge is 0.479 e. The molecule has 0 radical (unpaired) electrons. The number of carbonyl (C=O) groups excluding carboxylic acids is 8. The number of anilines is 1. The van der Waals surface area contributed by atoms with Crippen LogP contribution < -0.4 is 37.1 Å². The fourth-order valence-electron chi connectivity index (χ4n) is 11.8. The Bertz CT molecular complexity index is 2920. The second-order valence-electron chi connectivity index (χ2n) is 26.6. The van der Waals surface area contributed by atoms with Crippen LogP contribution >= 0.6 is 12.6 Å². The lowest BCUT2D eigenvalue weighted by molar-refractivity contribution is -0.271. The average Bonchev–Trinajstić information content (AvgIpc) is 1.48. The molecule has 0 unspecified atom stereocenters. The summed E-state index contributed by atoms with van der Waals surface area (Å²) in [5.41, 5.74) is 6.72. The highest BCUT2D eigenvalue weighted by Crippen LogP contribution is 2.34. The standard InChI is InChI=1S/C66H105N9O19S/c1-18-35(8)49(44(90-16)30-45(76)75-28-22-25-42(75)54(91-17)36(9)57(81)68-37(10)50(77)40-23-20-19-21-24-40)73(14)62(86)47(33(4)5)72-60(84)48(34(6)7)74(15)65(89)92-31-39-26-27-41(43(29-39)93-64-53(80)51(78)52(79)55(94-64)63(87)88)70-58(82)38(11)69-59(83)46(32(2)3)71-61(85)56(67)66(12,13)95/h19-21,23-24,26-27,29,32-38,42,44,46-56,64,77-80,95H,18,22,25,28,30-31,67H2,1-17H3,(H,68,81)(H,69,83)(H,70,82)(H,71,85)(H,72,84)(H,87,88)/t35-,36+,37+,38-,42-,44+,46-,47-,48-,49-,50+,51-,52-,53+,54+,55-,56-,64+/m0/s1. The summed E-state index contributed by atoms with van der Waals surface area (Å²) in [4.78, 5) is 128. The second kappa shape index (κ2) is 36.0. The van der Waals surface area contributed by atoms with Crippen molar-refractivity contribution in [3.05, 3.63) is 59.7 Å². The molecular weight excluding hydrogens is 1250 g/mol. The number of rotatable bonds is 33. The Morgan fingerprint density at radius 2 is 1.37 bits per heavy atom. The van der Waals surface area contributed by atoms with Crippen LogP contribution in [0.15, 0.2) is 48.5 Å². The number of carbonyl (C=O) groups is 9. The molecule has 29 heteroatoms. The minimum atomic E-state index is -2.08. The first kappa shape index (κ1) is 80.7. The van der Waals surface area contributed by atoms with Crippen LogP contribution in [0, 0.1) is 29.6 Å². The van der Waals surface area contributed by atoms with Gasteiger partial charge in [-0.1, -0.05) is 105 Å². The molecule has 12 N–H and O–H groups in total. The summed E-state index contributed by atoms with van der Waals surface area (Å²) in [6.45, 7) is 22.0.